The minimum atomic E-state index is -0.137. The van der Waals surface area contributed by atoms with Gasteiger partial charge in [-0.1, -0.05) is 12.1 Å². The number of benzene rings is 1. The van der Waals surface area contributed by atoms with Crippen molar-refractivity contribution in [2.75, 3.05) is 36.8 Å². The maximum Gasteiger partial charge on any atom is 0.321 e. The average molecular weight is 381 g/mol. The fourth-order valence-corrected chi connectivity index (χ4v) is 3.31. The highest BCUT2D eigenvalue weighted by molar-refractivity contribution is 5.93. The van der Waals surface area contributed by atoms with E-state index in [1.807, 2.05) is 36.2 Å². The van der Waals surface area contributed by atoms with E-state index in [1.54, 1.807) is 12.3 Å². The van der Waals surface area contributed by atoms with Crippen LogP contribution in [0.25, 0.3) is 0 Å². The van der Waals surface area contributed by atoms with Crippen molar-refractivity contribution < 1.29 is 9.59 Å². The van der Waals surface area contributed by atoms with E-state index in [-0.39, 0.29) is 11.9 Å². The van der Waals surface area contributed by atoms with Gasteiger partial charge in [-0.15, -0.1) is 0 Å². The Morgan fingerprint density at radius 1 is 1.11 bits per heavy atom. The number of aromatic nitrogens is 1. The van der Waals surface area contributed by atoms with Gasteiger partial charge >= 0.3 is 6.03 Å². The molecule has 7 heteroatoms. The molecule has 7 nitrogen and oxygen atoms in total. The predicted octanol–water partition coefficient (Wildman–Crippen LogP) is 3.09. The van der Waals surface area contributed by atoms with Gasteiger partial charge in [-0.25, -0.2) is 4.79 Å². The van der Waals surface area contributed by atoms with Crippen molar-refractivity contribution in [3.8, 4) is 0 Å². The third-order valence-electron chi connectivity index (χ3n) is 4.80. The van der Waals surface area contributed by atoms with Gasteiger partial charge in [-0.2, -0.15) is 0 Å². The van der Waals surface area contributed by atoms with Gasteiger partial charge in [-0.3, -0.25) is 14.7 Å². The van der Waals surface area contributed by atoms with Crippen LogP contribution in [0.3, 0.4) is 0 Å². The van der Waals surface area contributed by atoms with Crippen molar-refractivity contribution >= 4 is 23.3 Å². The molecule has 0 spiro atoms. The van der Waals surface area contributed by atoms with Gasteiger partial charge in [0.15, 0.2) is 0 Å². The molecule has 148 valence electrons. The van der Waals surface area contributed by atoms with E-state index in [2.05, 4.69) is 26.6 Å². The number of amides is 3. The zero-order chi connectivity index (χ0) is 19.9. The molecular formula is C21H27N5O2. The van der Waals surface area contributed by atoms with E-state index in [0.717, 1.165) is 38.2 Å². The first-order valence-electron chi connectivity index (χ1n) is 9.56. The number of anilines is 2. The molecule has 1 aliphatic rings. The molecular weight excluding hydrogens is 354 g/mol. The summed E-state index contributed by atoms with van der Waals surface area (Å²) in [6, 6.07) is 9.43. The molecule has 0 aliphatic carbocycles. The highest BCUT2D eigenvalue weighted by atomic mass is 16.2. The first kappa shape index (κ1) is 19.8. The summed E-state index contributed by atoms with van der Waals surface area (Å²) in [6.45, 7) is 7.43. The quantitative estimate of drug-likeness (QED) is 0.853. The lowest BCUT2D eigenvalue weighted by molar-refractivity contribution is -0.114. The molecule has 28 heavy (non-hydrogen) atoms. The molecule has 1 aliphatic heterocycles. The summed E-state index contributed by atoms with van der Waals surface area (Å²) >= 11 is 0. The van der Waals surface area contributed by atoms with Crippen LogP contribution in [0.4, 0.5) is 16.2 Å². The molecule has 3 rings (SSSR count). The van der Waals surface area contributed by atoms with Gasteiger partial charge in [0.1, 0.15) is 0 Å². The molecule has 0 atom stereocenters. The fraction of sp³-hybridized carbons (Fsp3) is 0.381. The lowest BCUT2D eigenvalue weighted by Gasteiger charge is -2.23. The van der Waals surface area contributed by atoms with Crippen LogP contribution in [0.2, 0.25) is 0 Å². The van der Waals surface area contributed by atoms with Crippen LogP contribution in [0, 0.1) is 6.92 Å². The number of hydrogen-bond donors (Lipinski definition) is 2. The second kappa shape index (κ2) is 9.32. The van der Waals surface area contributed by atoms with Crippen LogP contribution < -0.4 is 10.6 Å². The van der Waals surface area contributed by atoms with Crippen molar-refractivity contribution in [3.05, 3.63) is 53.9 Å². The summed E-state index contributed by atoms with van der Waals surface area (Å²) in [5, 5.41) is 5.74. The Labute approximate surface area is 165 Å². The number of aryl methyl sites for hydroxylation is 1. The van der Waals surface area contributed by atoms with Crippen molar-refractivity contribution in [1.29, 1.82) is 0 Å². The van der Waals surface area contributed by atoms with E-state index < -0.39 is 0 Å². The van der Waals surface area contributed by atoms with Crippen LogP contribution in [0.15, 0.2) is 42.7 Å². The second-order valence-corrected chi connectivity index (χ2v) is 7.12. The number of hydrogen-bond acceptors (Lipinski definition) is 4. The summed E-state index contributed by atoms with van der Waals surface area (Å²) in [4.78, 5) is 32.4. The highest BCUT2D eigenvalue weighted by Crippen LogP contribution is 2.21. The molecule has 0 unspecified atom stereocenters. The maximum atomic E-state index is 12.8. The number of rotatable bonds is 4. The Bertz CT molecular complexity index is 825. The minimum Gasteiger partial charge on any atom is -0.326 e. The topological polar surface area (TPSA) is 77.6 Å². The van der Waals surface area contributed by atoms with Gasteiger partial charge in [-0.05, 0) is 42.7 Å². The third kappa shape index (κ3) is 5.53. The number of carbonyl (C=O) groups is 2. The minimum absolute atomic E-state index is 0.105. The summed E-state index contributed by atoms with van der Waals surface area (Å²) < 4.78 is 0. The van der Waals surface area contributed by atoms with Crippen LogP contribution in [-0.4, -0.2) is 52.9 Å². The SMILES string of the molecule is CC(=O)Nc1ccc(C)c(NC(=O)N2CCCN(Cc3cccnc3)CC2)c1. The average Bonchev–Trinajstić information content (AvgIpc) is 2.90. The largest absolute Gasteiger partial charge is 0.326 e. The molecule has 1 fully saturated rings. The molecule has 1 aromatic carbocycles. The van der Waals surface area contributed by atoms with E-state index in [0.29, 0.717) is 17.9 Å². The van der Waals surface area contributed by atoms with Crippen molar-refractivity contribution in [2.45, 2.75) is 26.8 Å². The number of nitrogens with one attached hydrogen (secondary N) is 2. The molecule has 0 saturated carbocycles. The van der Waals surface area contributed by atoms with Gasteiger partial charge in [0.25, 0.3) is 0 Å². The molecule has 2 N–H and O–H groups in total. The summed E-state index contributed by atoms with van der Waals surface area (Å²) in [5.41, 5.74) is 3.53. The molecule has 3 amide bonds. The summed E-state index contributed by atoms with van der Waals surface area (Å²) in [6.07, 6.45) is 4.60. The van der Waals surface area contributed by atoms with E-state index >= 15 is 0 Å². The predicted molar refractivity (Wildman–Crippen MR) is 110 cm³/mol. The third-order valence-corrected chi connectivity index (χ3v) is 4.80. The summed E-state index contributed by atoms with van der Waals surface area (Å²) in [7, 11) is 0. The van der Waals surface area contributed by atoms with E-state index in [1.165, 1.54) is 12.5 Å². The molecule has 1 saturated heterocycles. The van der Waals surface area contributed by atoms with Crippen LogP contribution in [0.1, 0.15) is 24.5 Å². The van der Waals surface area contributed by atoms with Gasteiger partial charge in [0, 0.05) is 63.4 Å². The van der Waals surface area contributed by atoms with Gasteiger partial charge < -0.3 is 15.5 Å². The smallest absolute Gasteiger partial charge is 0.321 e. The van der Waals surface area contributed by atoms with Crippen molar-refractivity contribution in [3.63, 3.8) is 0 Å². The summed E-state index contributed by atoms with van der Waals surface area (Å²) in [5.74, 6) is -0.137. The zero-order valence-corrected chi connectivity index (χ0v) is 16.4. The van der Waals surface area contributed by atoms with Crippen LogP contribution in [-0.2, 0) is 11.3 Å². The Morgan fingerprint density at radius 2 is 1.96 bits per heavy atom. The maximum absolute atomic E-state index is 12.8. The van der Waals surface area contributed by atoms with Gasteiger partial charge in [0.2, 0.25) is 5.91 Å². The fourth-order valence-electron chi connectivity index (χ4n) is 3.31. The van der Waals surface area contributed by atoms with E-state index in [4.69, 9.17) is 0 Å². The molecule has 0 radical (unpaired) electrons. The standard InChI is InChI=1S/C21H27N5O2/c1-16-6-7-19(23-17(2)27)13-20(16)24-21(28)26-10-4-9-25(11-12-26)15-18-5-3-8-22-14-18/h3,5-8,13-14H,4,9-12,15H2,1-2H3,(H,23,27)(H,24,28). The van der Waals surface area contributed by atoms with Crippen LogP contribution >= 0.6 is 0 Å². The Hall–Kier alpha value is -2.93. The number of pyridine rings is 1. The zero-order valence-electron chi connectivity index (χ0n) is 16.4. The lowest BCUT2D eigenvalue weighted by atomic mass is 10.2. The first-order chi connectivity index (χ1) is 13.5. The lowest BCUT2D eigenvalue weighted by Crippen LogP contribution is -2.38. The molecule has 1 aromatic heterocycles. The number of carbonyl (C=O) groups excluding carboxylic acids is 2. The van der Waals surface area contributed by atoms with E-state index in [9.17, 15) is 9.59 Å². The van der Waals surface area contributed by atoms with Crippen LogP contribution in [0.5, 0.6) is 0 Å². The second-order valence-electron chi connectivity index (χ2n) is 7.12. The normalized spacial score (nSPS) is 15.0. The van der Waals surface area contributed by atoms with Crippen molar-refractivity contribution in [1.82, 2.24) is 14.8 Å². The first-order valence-corrected chi connectivity index (χ1v) is 9.56. The molecule has 0 bridgehead atoms. The Balaban J connectivity index is 1.58. The molecule has 2 heterocycles. The Morgan fingerprint density at radius 3 is 2.71 bits per heavy atom. The highest BCUT2D eigenvalue weighted by Gasteiger charge is 2.20. The Kier molecular flexibility index (Phi) is 6.60. The number of urea groups is 1. The number of nitrogens with zero attached hydrogens (tertiary/aromatic N) is 3. The van der Waals surface area contributed by atoms with Gasteiger partial charge in [0.05, 0.1) is 0 Å². The molecule has 2 aromatic rings. The van der Waals surface area contributed by atoms with Crippen molar-refractivity contribution in [2.24, 2.45) is 0 Å². The monoisotopic (exact) mass is 381 g/mol.